The van der Waals surface area contributed by atoms with E-state index in [1.165, 1.54) is 26.4 Å². The van der Waals surface area contributed by atoms with Crippen LogP contribution in [0.5, 0.6) is 0 Å². The summed E-state index contributed by atoms with van der Waals surface area (Å²) in [5, 5.41) is 8.15. The maximum absolute atomic E-state index is 12.6. The van der Waals surface area contributed by atoms with Crippen LogP contribution in [0.3, 0.4) is 0 Å². The van der Waals surface area contributed by atoms with Crippen molar-refractivity contribution in [1.29, 1.82) is 0 Å². The van der Waals surface area contributed by atoms with Crippen molar-refractivity contribution in [1.82, 2.24) is 19.9 Å². The fourth-order valence-electron chi connectivity index (χ4n) is 3.44. The van der Waals surface area contributed by atoms with E-state index in [0.717, 1.165) is 19.3 Å². The zero-order valence-electron chi connectivity index (χ0n) is 12.9. The Labute approximate surface area is 129 Å². The second-order valence-electron chi connectivity index (χ2n) is 6.06. The number of methoxy groups -OCH3 is 1. The summed E-state index contributed by atoms with van der Waals surface area (Å²) in [5.74, 6) is -0.583. The van der Waals surface area contributed by atoms with Gasteiger partial charge in [-0.3, -0.25) is 4.79 Å². The fourth-order valence-corrected chi connectivity index (χ4v) is 3.44. The Morgan fingerprint density at radius 1 is 1.18 bits per heavy atom. The van der Waals surface area contributed by atoms with Crippen LogP contribution < -0.4 is 0 Å². The third kappa shape index (κ3) is 2.84. The Hall–Kier alpha value is -1.92. The van der Waals surface area contributed by atoms with E-state index in [1.807, 2.05) is 4.68 Å². The topological polar surface area (TPSA) is 77.3 Å². The first-order chi connectivity index (χ1) is 10.7. The Balaban J connectivity index is 1.72. The van der Waals surface area contributed by atoms with Crippen molar-refractivity contribution in [3.8, 4) is 0 Å². The van der Waals surface area contributed by atoms with E-state index in [4.69, 9.17) is 4.74 Å². The number of carbonyl (C=O) groups is 2. The average Bonchev–Trinajstić information content (AvgIpc) is 3.23. The molecule has 0 N–H and O–H groups in total. The van der Waals surface area contributed by atoms with E-state index < -0.39 is 6.04 Å². The predicted octanol–water partition coefficient (Wildman–Crippen LogP) is 1.56. The molecule has 22 heavy (non-hydrogen) atoms. The van der Waals surface area contributed by atoms with Gasteiger partial charge in [0, 0.05) is 6.54 Å². The molecule has 1 aromatic heterocycles. The average molecular weight is 306 g/mol. The molecule has 1 aliphatic carbocycles. The molecule has 7 nitrogen and oxygen atoms in total. The van der Waals surface area contributed by atoms with Gasteiger partial charge in [-0.1, -0.05) is 24.5 Å². The molecule has 1 aliphatic heterocycles. The lowest BCUT2D eigenvalue weighted by molar-refractivity contribution is -0.145. The van der Waals surface area contributed by atoms with E-state index in [-0.39, 0.29) is 11.9 Å². The Bertz CT molecular complexity index is 551. The highest BCUT2D eigenvalue weighted by atomic mass is 16.5. The molecule has 2 fully saturated rings. The highest BCUT2D eigenvalue weighted by molar-refractivity contribution is 5.95. The summed E-state index contributed by atoms with van der Waals surface area (Å²) in [7, 11) is 1.35. The van der Waals surface area contributed by atoms with Crippen molar-refractivity contribution in [2.75, 3.05) is 13.7 Å². The molecule has 120 valence electrons. The summed E-state index contributed by atoms with van der Waals surface area (Å²) < 4.78 is 6.59. The van der Waals surface area contributed by atoms with Crippen molar-refractivity contribution < 1.29 is 14.3 Å². The van der Waals surface area contributed by atoms with Gasteiger partial charge >= 0.3 is 5.97 Å². The zero-order valence-corrected chi connectivity index (χ0v) is 12.9. The maximum Gasteiger partial charge on any atom is 0.328 e. The van der Waals surface area contributed by atoms with Gasteiger partial charge in [0.1, 0.15) is 6.04 Å². The van der Waals surface area contributed by atoms with Crippen molar-refractivity contribution in [3.05, 3.63) is 11.9 Å². The molecule has 2 aliphatic rings. The number of hydrogen-bond donors (Lipinski definition) is 0. The molecule has 7 heteroatoms. The third-order valence-corrected chi connectivity index (χ3v) is 4.67. The fraction of sp³-hybridized carbons (Fsp3) is 0.733. The van der Waals surface area contributed by atoms with Gasteiger partial charge in [-0.15, -0.1) is 5.10 Å². The molecule has 3 rings (SSSR count). The van der Waals surface area contributed by atoms with Crippen LogP contribution in [-0.2, 0) is 9.53 Å². The standard InChI is InChI=1S/C15H22N4O3/c1-22-15(21)13-8-5-9-18(13)14(20)12-10-19(17-16-12)11-6-3-2-4-7-11/h10-11,13H,2-9H2,1H3/t13-/m0/s1. The number of hydrogen-bond acceptors (Lipinski definition) is 5. The van der Waals surface area contributed by atoms with E-state index in [9.17, 15) is 9.59 Å². The summed E-state index contributed by atoms with van der Waals surface area (Å²) in [6.07, 6.45) is 9.03. The van der Waals surface area contributed by atoms with Gasteiger partial charge in [-0.05, 0) is 25.7 Å². The van der Waals surface area contributed by atoms with Crippen LogP contribution in [0.15, 0.2) is 6.20 Å². The number of amides is 1. The summed E-state index contributed by atoms with van der Waals surface area (Å²) in [6, 6.07) is -0.143. The minimum Gasteiger partial charge on any atom is -0.467 e. The van der Waals surface area contributed by atoms with Gasteiger partial charge in [-0.25, -0.2) is 9.48 Å². The smallest absolute Gasteiger partial charge is 0.328 e. The van der Waals surface area contributed by atoms with Crippen molar-refractivity contribution >= 4 is 11.9 Å². The van der Waals surface area contributed by atoms with Gasteiger partial charge in [-0.2, -0.15) is 0 Å². The van der Waals surface area contributed by atoms with Crippen LogP contribution in [0.25, 0.3) is 0 Å². The number of esters is 1. The summed E-state index contributed by atoms with van der Waals surface area (Å²) in [5.41, 5.74) is 0.321. The summed E-state index contributed by atoms with van der Waals surface area (Å²) in [6.45, 7) is 0.564. The molecule has 1 aromatic rings. The van der Waals surface area contributed by atoms with Crippen molar-refractivity contribution in [3.63, 3.8) is 0 Å². The first-order valence-electron chi connectivity index (χ1n) is 8.01. The Morgan fingerprint density at radius 3 is 2.68 bits per heavy atom. The van der Waals surface area contributed by atoms with E-state index >= 15 is 0 Å². The molecule has 0 radical (unpaired) electrons. The second kappa shape index (κ2) is 6.46. The van der Waals surface area contributed by atoms with Gasteiger partial charge < -0.3 is 9.64 Å². The molecule has 1 amide bonds. The predicted molar refractivity (Wildman–Crippen MR) is 78.2 cm³/mol. The van der Waals surface area contributed by atoms with Crippen LogP contribution in [0.2, 0.25) is 0 Å². The maximum atomic E-state index is 12.6. The first kappa shape index (κ1) is 15.0. The molecule has 0 unspecified atom stereocenters. The largest absolute Gasteiger partial charge is 0.467 e. The molecule has 2 heterocycles. The number of carbonyl (C=O) groups excluding carboxylic acids is 2. The van der Waals surface area contributed by atoms with Crippen LogP contribution in [0, 0.1) is 0 Å². The van der Waals surface area contributed by atoms with Crippen molar-refractivity contribution in [2.24, 2.45) is 0 Å². The normalized spacial score (nSPS) is 22.8. The lowest BCUT2D eigenvalue weighted by Crippen LogP contribution is -2.41. The number of likely N-dealkylation sites (tertiary alicyclic amines) is 1. The molecule has 1 saturated heterocycles. The highest BCUT2D eigenvalue weighted by Gasteiger charge is 2.36. The third-order valence-electron chi connectivity index (χ3n) is 4.67. The Kier molecular flexibility index (Phi) is 4.40. The number of ether oxygens (including phenoxy) is 1. The van der Waals surface area contributed by atoms with Gasteiger partial charge in [0.25, 0.3) is 5.91 Å². The minimum atomic E-state index is -0.489. The highest BCUT2D eigenvalue weighted by Crippen LogP contribution is 2.27. The lowest BCUT2D eigenvalue weighted by atomic mass is 9.96. The van der Waals surface area contributed by atoms with Gasteiger partial charge in [0.05, 0.1) is 19.3 Å². The number of aromatic nitrogens is 3. The van der Waals surface area contributed by atoms with Crippen LogP contribution >= 0.6 is 0 Å². The zero-order chi connectivity index (χ0) is 15.5. The first-order valence-corrected chi connectivity index (χ1v) is 8.01. The molecule has 1 saturated carbocycles. The Morgan fingerprint density at radius 2 is 1.95 bits per heavy atom. The number of nitrogens with zero attached hydrogens (tertiary/aromatic N) is 4. The lowest BCUT2D eigenvalue weighted by Gasteiger charge is -2.22. The molecular formula is C15H22N4O3. The van der Waals surface area contributed by atoms with E-state index in [0.29, 0.717) is 24.7 Å². The van der Waals surface area contributed by atoms with Crippen LogP contribution in [0.1, 0.15) is 61.5 Å². The number of rotatable bonds is 3. The molecule has 0 spiro atoms. The quantitative estimate of drug-likeness (QED) is 0.792. The van der Waals surface area contributed by atoms with Gasteiger partial charge in [0.15, 0.2) is 5.69 Å². The molecule has 0 aromatic carbocycles. The molecular weight excluding hydrogens is 284 g/mol. The van der Waals surface area contributed by atoms with Crippen molar-refractivity contribution in [2.45, 2.75) is 57.0 Å². The van der Waals surface area contributed by atoms with E-state index in [2.05, 4.69) is 10.3 Å². The van der Waals surface area contributed by atoms with Crippen LogP contribution in [-0.4, -0.2) is 51.5 Å². The van der Waals surface area contributed by atoms with E-state index in [1.54, 1.807) is 11.1 Å². The molecule has 1 atom stereocenters. The monoisotopic (exact) mass is 306 g/mol. The minimum absolute atomic E-state index is 0.227. The second-order valence-corrected chi connectivity index (χ2v) is 6.06. The molecule has 0 bridgehead atoms. The van der Waals surface area contributed by atoms with Crippen LogP contribution in [0.4, 0.5) is 0 Å². The van der Waals surface area contributed by atoms with Gasteiger partial charge in [0.2, 0.25) is 0 Å². The SMILES string of the molecule is COC(=O)[C@@H]1CCCN1C(=O)c1cn(C2CCCCC2)nn1. The summed E-state index contributed by atoms with van der Waals surface area (Å²) in [4.78, 5) is 25.9. The summed E-state index contributed by atoms with van der Waals surface area (Å²) >= 11 is 0.